The molecule has 0 saturated carbocycles. The van der Waals surface area contributed by atoms with Gasteiger partial charge in [0.1, 0.15) is 6.10 Å². The van der Waals surface area contributed by atoms with Crippen LogP contribution in [-0.4, -0.2) is 17.8 Å². The molecule has 0 aliphatic rings. The van der Waals surface area contributed by atoms with E-state index in [0.29, 0.717) is 6.61 Å². The van der Waals surface area contributed by atoms with E-state index in [9.17, 15) is 5.11 Å². The van der Waals surface area contributed by atoms with Crippen molar-refractivity contribution < 1.29 is 9.84 Å². The number of benzene rings is 2. The molecule has 2 heteroatoms. The molecule has 0 saturated heterocycles. The first kappa shape index (κ1) is 13.4. The van der Waals surface area contributed by atoms with E-state index in [-0.39, 0.29) is 6.61 Å². The Morgan fingerprint density at radius 1 is 0.947 bits per heavy atom. The minimum atomic E-state index is -0.760. The molecule has 0 aliphatic heterocycles. The van der Waals surface area contributed by atoms with Crippen LogP contribution in [-0.2, 0) is 11.3 Å². The Labute approximate surface area is 113 Å². The topological polar surface area (TPSA) is 29.5 Å². The molecule has 0 fully saturated rings. The van der Waals surface area contributed by atoms with E-state index in [1.807, 2.05) is 60.7 Å². The highest BCUT2D eigenvalue weighted by Gasteiger charge is 1.99. The lowest BCUT2D eigenvalue weighted by atomic mass is 10.2. The molecular formula is C17H16O2. The Morgan fingerprint density at radius 2 is 1.58 bits per heavy atom. The molecule has 2 aromatic carbocycles. The monoisotopic (exact) mass is 252 g/mol. The Morgan fingerprint density at radius 3 is 2.26 bits per heavy atom. The minimum Gasteiger partial charge on any atom is -0.378 e. The largest absolute Gasteiger partial charge is 0.378 e. The van der Waals surface area contributed by atoms with Crippen molar-refractivity contribution in [3.05, 3.63) is 71.8 Å². The third-order valence-electron chi connectivity index (χ3n) is 2.54. The molecule has 0 aromatic heterocycles. The van der Waals surface area contributed by atoms with Crippen molar-refractivity contribution in [3.8, 4) is 11.8 Å². The van der Waals surface area contributed by atoms with Gasteiger partial charge < -0.3 is 9.84 Å². The average molecular weight is 252 g/mol. The Hall–Kier alpha value is -2.08. The lowest BCUT2D eigenvalue weighted by Gasteiger charge is -2.05. The maximum absolute atomic E-state index is 9.69. The first-order chi connectivity index (χ1) is 9.34. The maximum atomic E-state index is 9.69. The molecule has 0 unspecified atom stereocenters. The van der Waals surface area contributed by atoms with E-state index in [0.717, 1.165) is 11.1 Å². The summed E-state index contributed by atoms with van der Waals surface area (Å²) in [5.41, 5.74) is 1.98. The van der Waals surface area contributed by atoms with Gasteiger partial charge in [0, 0.05) is 5.56 Å². The van der Waals surface area contributed by atoms with Crippen LogP contribution in [0.5, 0.6) is 0 Å². The highest BCUT2D eigenvalue weighted by molar-refractivity contribution is 5.34. The number of hydrogen-bond acceptors (Lipinski definition) is 2. The zero-order valence-electron chi connectivity index (χ0n) is 10.6. The second-order valence-electron chi connectivity index (χ2n) is 4.15. The van der Waals surface area contributed by atoms with Crippen LogP contribution in [0.2, 0.25) is 0 Å². The summed E-state index contributed by atoms with van der Waals surface area (Å²) < 4.78 is 5.42. The third kappa shape index (κ3) is 4.97. The van der Waals surface area contributed by atoms with Gasteiger partial charge >= 0.3 is 0 Å². The third-order valence-corrected chi connectivity index (χ3v) is 2.54. The molecule has 1 N–H and O–H groups in total. The average Bonchev–Trinajstić information content (AvgIpc) is 2.47. The van der Waals surface area contributed by atoms with Crippen LogP contribution in [0, 0.1) is 11.8 Å². The highest BCUT2D eigenvalue weighted by Crippen LogP contribution is 2.01. The number of rotatable bonds is 4. The van der Waals surface area contributed by atoms with E-state index in [1.165, 1.54) is 0 Å². The van der Waals surface area contributed by atoms with Gasteiger partial charge in [-0.05, 0) is 17.7 Å². The van der Waals surface area contributed by atoms with Crippen LogP contribution in [0.4, 0.5) is 0 Å². The summed E-state index contributed by atoms with van der Waals surface area (Å²) in [5.74, 6) is 5.68. The second-order valence-corrected chi connectivity index (χ2v) is 4.15. The summed E-state index contributed by atoms with van der Waals surface area (Å²) in [5, 5.41) is 9.69. The van der Waals surface area contributed by atoms with E-state index in [1.54, 1.807) is 0 Å². The molecule has 0 bridgehead atoms. The predicted molar refractivity (Wildman–Crippen MR) is 75.4 cm³/mol. The summed E-state index contributed by atoms with van der Waals surface area (Å²) in [6, 6.07) is 19.5. The molecular weight excluding hydrogens is 236 g/mol. The van der Waals surface area contributed by atoms with Crippen LogP contribution >= 0.6 is 0 Å². The molecule has 2 nitrogen and oxygen atoms in total. The van der Waals surface area contributed by atoms with Gasteiger partial charge in [-0.2, -0.15) is 0 Å². The van der Waals surface area contributed by atoms with E-state index in [4.69, 9.17) is 4.74 Å². The Bertz CT molecular complexity index is 538. The standard InChI is InChI=1S/C17H16O2/c18-17(12-11-15-7-3-1-4-8-15)14-19-13-16-9-5-2-6-10-16/h1-10,17-18H,13-14H2/t17-/m0/s1. The van der Waals surface area contributed by atoms with Gasteiger partial charge in [-0.1, -0.05) is 60.4 Å². The van der Waals surface area contributed by atoms with E-state index >= 15 is 0 Å². The highest BCUT2D eigenvalue weighted by atomic mass is 16.5. The first-order valence-corrected chi connectivity index (χ1v) is 6.21. The SMILES string of the molecule is O[C@@H](C#Cc1ccccc1)COCc1ccccc1. The van der Waals surface area contributed by atoms with Gasteiger partial charge in [0.15, 0.2) is 0 Å². The van der Waals surface area contributed by atoms with Crippen LogP contribution < -0.4 is 0 Å². The number of aliphatic hydroxyl groups excluding tert-OH is 1. The summed E-state index contributed by atoms with van der Waals surface area (Å²) in [4.78, 5) is 0. The van der Waals surface area contributed by atoms with Gasteiger partial charge in [-0.15, -0.1) is 0 Å². The normalized spacial score (nSPS) is 11.4. The quantitative estimate of drug-likeness (QED) is 0.848. The van der Waals surface area contributed by atoms with Crippen molar-refractivity contribution in [3.63, 3.8) is 0 Å². The fraction of sp³-hybridized carbons (Fsp3) is 0.176. The number of aliphatic hydroxyl groups is 1. The van der Waals surface area contributed by atoms with Crippen LogP contribution in [0.25, 0.3) is 0 Å². The lowest BCUT2D eigenvalue weighted by molar-refractivity contribution is 0.0544. The van der Waals surface area contributed by atoms with Gasteiger partial charge in [0.25, 0.3) is 0 Å². The molecule has 1 atom stereocenters. The van der Waals surface area contributed by atoms with Crippen molar-refractivity contribution in [2.75, 3.05) is 6.61 Å². The molecule has 0 spiro atoms. The molecule has 19 heavy (non-hydrogen) atoms. The fourth-order valence-corrected chi connectivity index (χ4v) is 1.59. The smallest absolute Gasteiger partial charge is 0.138 e. The number of ether oxygens (including phenoxy) is 1. The zero-order chi connectivity index (χ0) is 13.3. The Kier molecular flexibility index (Phi) is 5.18. The lowest BCUT2D eigenvalue weighted by Crippen LogP contribution is -2.12. The Balaban J connectivity index is 1.76. The summed E-state index contributed by atoms with van der Waals surface area (Å²) in [7, 11) is 0. The minimum absolute atomic E-state index is 0.217. The van der Waals surface area contributed by atoms with Crippen molar-refractivity contribution >= 4 is 0 Å². The number of hydrogen-bond donors (Lipinski definition) is 1. The molecule has 0 radical (unpaired) electrons. The van der Waals surface area contributed by atoms with Gasteiger partial charge in [0.2, 0.25) is 0 Å². The molecule has 0 amide bonds. The van der Waals surface area contributed by atoms with Gasteiger partial charge in [-0.3, -0.25) is 0 Å². The molecule has 2 aromatic rings. The van der Waals surface area contributed by atoms with Crippen LogP contribution in [0.1, 0.15) is 11.1 Å². The zero-order valence-corrected chi connectivity index (χ0v) is 10.6. The van der Waals surface area contributed by atoms with Gasteiger partial charge in [-0.25, -0.2) is 0 Å². The maximum Gasteiger partial charge on any atom is 0.138 e. The van der Waals surface area contributed by atoms with Gasteiger partial charge in [0.05, 0.1) is 13.2 Å². The molecule has 0 aliphatic carbocycles. The summed E-state index contributed by atoms with van der Waals surface area (Å²) >= 11 is 0. The van der Waals surface area contributed by atoms with E-state index in [2.05, 4.69) is 11.8 Å². The molecule has 0 heterocycles. The first-order valence-electron chi connectivity index (χ1n) is 6.21. The molecule has 96 valence electrons. The fourth-order valence-electron chi connectivity index (χ4n) is 1.59. The van der Waals surface area contributed by atoms with Crippen LogP contribution in [0.15, 0.2) is 60.7 Å². The summed E-state index contributed by atoms with van der Waals surface area (Å²) in [6.45, 7) is 0.708. The van der Waals surface area contributed by atoms with Crippen molar-refractivity contribution in [2.45, 2.75) is 12.7 Å². The van der Waals surface area contributed by atoms with Crippen LogP contribution in [0.3, 0.4) is 0 Å². The summed E-state index contributed by atoms with van der Waals surface area (Å²) in [6.07, 6.45) is -0.760. The van der Waals surface area contributed by atoms with E-state index < -0.39 is 6.10 Å². The second kappa shape index (κ2) is 7.38. The van der Waals surface area contributed by atoms with Crippen molar-refractivity contribution in [2.24, 2.45) is 0 Å². The van der Waals surface area contributed by atoms with Crippen molar-refractivity contribution in [1.82, 2.24) is 0 Å². The van der Waals surface area contributed by atoms with Crippen molar-refractivity contribution in [1.29, 1.82) is 0 Å². The molecule has 2 rings (SSSR count). The predicted octanol–water partition coefficient (Wildman–Crippen LogP) is 2.62.